The van der Waals surface area contributed by atoms with Gasteiger partial charge < -0.3 is 0 Å². The summed E-state index contributed by atoms with van der Waals surface area (Å²) in [6.45, 7) is 4.26. The van der Waals surface area contributed by atoms with Gasteiger partial charge in [-0.1, -0.05) is 0 Å². The summed E-state index contributed by atoms with van der Waals surface area (Å²) >= 11 is -0.187. The first-order valence-corrected chi connectivity index (χ1v) is 9.52. The summed E-state index contributed by atoms with van der Waals surface area (Å²) in [4.78, 5) is 25.8. The van der Waals surface area contributed by atoms with Crippen molar-refractivity contribution >= 4 is 31.4 Å². The van der Waals surface area contributed by atoms with Crippen molar-refractivity contribution in [1.82, 2.24) is 0 Å². The minimum atomic E-state index is -0.892. The van der Waals surface area contributed by atoms with E-state index in [4.69, 9.17) is 19.7 Å². The molecule has 1 aliphatic heterocycles. The molecule has 0 aromatic heterocycles. The van der Waals surface area contributed by atoms with Crippen LogP contribution < -0.4 is 4.46 Å². The molecule has 5 unspecified atom stereocenters. The average Bonchev–Trinajstić information content (AvgIpc) is 2.55. The predicted octanol–water partition coefficient (Wildman–Crippen LogP) is 1.30. The van der Waals surface area contributed by atoms with E-state index < -0.39 is 41.3 Å². The molecule has 5 atom stereocenters. The van der Waals surface area contributed by atoms with Gasteiger partial charge in [0.05, 0.1) is 0 Å². The Morgan fingerprint density at radius 2 is 1.76 bits per heavy atom. The average molecular weight is 412 g/mol. The zero-order valence-corrected chi connectivity index (χ0v) is 15.8. The van der Waals surface area contributed by atoms with E-state index >= 15 is 0 Å². The van der Waals surface area contributed by atoms with Crippen molar-refractivity contribution in [2.24, 2.45) is 5.11 Å². The molecular formula is C16H19N3O5Se. The van der Waals surface area contributed by atoms with E-state index in [1.54, 1.807) is 6.92 Å². The molecule has 25 heavy (non-hydrogen) atoms. The first kappa shape index (κ1) is 19.3. The van der Waals surface area contributed by atoms with Crippen LogP contribution in [0.1, 0.15) is 20.8 Å². The molecule has 0 bridgehead atoms. The molecule has 9 heteroatoms. The van der Waals surface area contributed by atoms with E-state index in [0.717, 1.165) is 4.46 Å². The number of ether oxygens (including phenoxy) is 3. The normalized spacial score (nSPS) is 28.5. The van der Waals surface area contributed by atoms with Crippen LogP contribution >= 0.6 is 0 Å². The van der Waals surface area contributed by atoms with E-state index in [2.05, 4.69) is 10.0 Å². The zero-order valence-electron chi connectivity index (χ0n) is 14.1. The Hall–Kier alpha value is -2.05. The molecule has 1 aromatic carbocycles. The van der Waals surface area contributed by atoms with Gasteiger partial charge in [-0.2, -0.15) is 0 Å². The van der Waals surface area contributed by atoms with Gasteiger partial charge in [-0.05, 0) is 0 Å². The fraction of sp³-hybridized carbons (Fsp3) is 0.500. The second-order valence-electron chi connectivity index (χ2n) is 5.48. The van der Waals surface area contributed by atoms with Gasteiger partial charge in [-0.25, -0.2) is 0 Å². The fourth-order valence-corrected chi connectivity index (χ4v) is 5.02. The monoisotopic (exact) mass is 413 g/mol. The number of carbonyl (C=O) groups is 2. The van der Waals surface area contributed by atoms with E-state index in [1.165, 1.54) is 13.8 Å². The van der Waals surface area contributed by atoms with Crippen LogP contribution in [0.5, 0.6) is 0 Å². The third kappa shape index (κ3) is 5.21. The van der Waals surface area contributed by atoms with Gasteiger partial charge in [-0.3, -0.25) is 0 Å². The van der Waals surface area contributed by atoms with E-state index in [0.29, 0.717) is 0 Å². The maximum absolute atomic E-state index is 11.5. The van der Waals surface area contributed by atoms with Gasteiger partial charge in [0, 0.05) is 0 Å². The molecule has 1 aromatic rings. The van der Waals surface area contributed by atoms with Crippen LogP contribution in [0.25, 0.3) is 10.4 Å². The number of rotatable bonds is 5. The molecule has 0 radical (unpaired) electrons. The third-order valence-electron chi connectivity index (χ3n) is 3.54. The summed E-state index contributed by atoms with van der Waals surface area (Å²) in [7, 11) is 0. The molecule has 0 amide bonds. The van der Waals surface area contributed by atoms with Gasteiger partial charge in [0.1, 0.15) is 0 Å². The molecule has 134 valence electrons. The molecule has 1 saturated heterocycles. The Balaban J connectivity index is 2.32. The van der Waals surface area contributed by atoms with Crippen molar-refractivity contribution in [3.63, 3.8) is 0 Å². The second-order valence-corrected chi connectivity index (χ2v) is 7.94. The molecule has 1 heterocycles. The van der Waals surface area contributed by atoms with E-state index in [9.17, 15) is 9.59 Å². The van der Waals surface area contributed by atoms with Crippen LogP contribution in [-0.2, 0) is 23.8 Å². The number of nitrogens with zero attached hydrogens (tertiary/aromatic N) is 3. The van der Waals surface area contributed by atoms with Crippen LogP contribution in [0, 0.1) is 0 Å². The fourth-order valence-electron chi connectivity index (χ4n) is 2.58. The molecule has 8 nitrogen and oxygen atoms in total. The second kappa shape index (κ2) is 8.87. The van der Waals surface area contributed by atoms with Crippen LogP contribution in [0.2, 0.25) is 0 Å². The Bertz CT molecular complexity index is 665. The van der Waals surface area contributed by atoms with Crippen molar-refractivity contribution < 1.29 is 23.8 Å². The summed E-state index contributed by atoms with van der Waals surface area (Å²) in [5, 5.41) is 3.34. The van der Waals surface area contributed by atoms with Gasteiger partial charge in [0.25, 0.3) is 0 Å². The molecule has 2 rings (SSSR count). The Kier molecular flexibility index (Phi) is 6.84. The molecule has 0 saturated carbocycles. The van der Waals surface area contributed by atoms with Crippen LogP contribution in [0.4, 0.5) is 0 Å². The maximum atomic E-state index is 11.5. The number of esters is 2. The van der Waals surface area contributed by atoms with E-state index in [1.807, 2.05) is 30.3 Å². The Morgan fingerprint density at radius 1 is 1.16 bits per heavy atom. The first-order valence-electron chi connectivity index (χ1n) is 7.68. The molecule has 0 N–H and O–H groups in total. The third-order valence-corrected chi connectivity index (χ3v) is 5.98. The summed E-state index contributed by atoms with van der Waals surface area (Å²) in [6.07, 6.45) is -2.23. The first-order chi connectivity index (χ1) is 11.9. The van der Waals surface area contributed by atoms with Gasteiger partial charge in [-0.15, -0.1) is 0 Å². The minimum absolute atomic E-state index is 0.187. The number of hydrogen-bond acceptors (Lipinski definition) is 6. The van der Waals surface area contributed by atoms with Crippen molar-refractivity contribution in [1.29, 1.82) is 0 Å². The van der Waals surface area contributed by atoms with Crippen molar-refractivity contribution in [2.45, 2.75) is 50.1 Å². The number of hydrogen-bond donors (Lipinski definition) is 0. The zero-order chi connectivity index (χ0) is 18.4. The molecular weight excluding hydrogens is 393 g/mol. The summed E-state index contributed by atoms with van der Waals surface area (Å²) < 4.78 is 17.7. The van der Waals surface area contributed by atoms with Crippen molar-refractivity contribution in [2.75, 3.05) is 0 Å². The van der Waals surface area contributed by atoms with Gasteiger partial charge >= 0.3 is 151 Å². The predicted molar refractivity (Wildman–Crippen MR) is 90.2 cm³/mol. The van der Waals surface area contributed by atoms with Gasteiger partial charge in [0.2, 0.25) is 0 Å². The topological polar surface area (TPSA) is 111 Å². The molecule has 1 fully saturated rings. The van der Waals surface area contributed by atoms with Crippen molar-refractivity contribution in [3.05, 3.63) is 40.8 Å². The van der Waals surface area contributed by atoms with Crippen LogP contribution in [0.15, 0.2) is 35.4 Å². The molecule has 0 aliphatic carbocycles. The number of carbonyl (C=O) groups excluding carboxylic acids is 2. The summed E-state index contributed by atoms with van der Waals surface area (Å²) in [6, 6.07) is 8.87. The number of benzene rings is 1. The van der Waals surface area contributed by atoms with E-state index in [-0.39, 0.29) is 15.0 Å². The molecule has 0 spiro atoms. The van der Waals surface area contributed by atoms with Gasteiger partial charge in [0.15, 0.2) is 0 Å². The van der Waals surface area contributed by atoms with Crippen LogP contribution in [0.3, 0.4) is 0 Å². The quantitative estimate of drug-likeness (QED) is 0.238. The Labute approximate surface area is 151 Å². The molecule has 1 aliphatic rings. The van der Waals surface area contributed by atoms with Crippen molar-refractivity contribution in [3.8, 4) is 0 Å². The van der Waals surface area contributed by atoms with Crippen LogP contribution in [-0.4, -0.2) is 56.3 Å². The SMILES string of the molecule is CC(=O)OC1C(C)OC([Se]c2ccccc2)C(N=[N+]=[N-])C1OC(C)=O. The number of azide groups is 1. The summed E-state index contributed by atoms with van der Waals surface area (Å²) in [5.74, 6) is -1.07. The summed E-state index contributed by atoms with van der Waals surface area (Å²) in [5.41, 5.74) is 8.95. The standard InChI is InChI=1S/C16H19N3O5Se/c1-9-14(23-10(2)20)15(24-11(3)21)13(18-19-17)16(22-9)25-12-7-5-4-6-8-12/h4-9,13-16H,1-3H3. The Morgan fingerprint density at radius 3 is 2.32 bits per heavy atom.